The summed E-state index contributed by atoms with van der Waals surface area (Å²) >= 11 is 5.69. The van der Waals surface area contributed by atoms with Crippen molar-refractivity contribution in [1.82, 2.24) is 5.32 Å². The molecule has 1 aromatic rings. The minimum absolute atomic E-state index is 0.289. The van der Waals surface area contributed by atoms with E-state index >= 15 is 0 Å². The quantitative estimate of drug-likeness (QED) is 0.852. The molecule has 0 amide bonds. The second-order valence-corrected chi connectivity index (χ2v) is 4.59. The van der Waals surface area contributed by atoms with E-state index < -0.39 is 0 Å². The summed E-state index contributed by atoms with van der Waals surface area (Å²) in [5.41, 5.74) is 0.525. The fraction of sp³-hybridized carbons (Fsp3) is 0.500. The van der Waals surface area contributed by atoms with E-state index in [2.05, 4.69) is 10.6 Å². The monoisotopic (exact) mass is 242 g/mol. The van der Waals surface area contributed by atoms with Gasteiger partial charge >= 0.3 is 0 Å². The summed E-state index contributed by atoms with van der Waals surface area (Å²) in [4.78, 5) is 0. The molecule has 1 heterocycles. The molecule has 4 heteroatoms. The van der Waals surface area contributed by atoms with Crippen LogP contribution in [0.4, 0.5) is 10.1 Å². The van der Waals surface area contributed by atoms with Crippen LogP contribution in [0, 0.1) is 5.82 Å². The maximum atomic E-state index is 13.4. The average Bonchev–Trinajstić information content (AvgIpc) is 2.29. The van der Waals surface area contributed by atoms with Crippen molar-refractivity contribution in [2.45, 2.75) is 25.3 Å². The van der Waals surface area contributed by atoms with Crippen LogP contribution in [-0.2, 0) is 0 Å². The van der Waals surface area contributed by atoms with Crippen molar-refractivity contribution in [3.8, 4) is 0 Å². The van der Waals surface area contributed by atoms with Crippen LogP contribution in [-0.4, -0.2) is 19.1 Å². The second kappa shape index (κ2) is 5.51. The molecule has 0 radical (unpaired) electrons. The molecule has 1 aliphatic rings. The van der Waals surface area contributed by atoms with Crippen LogP contribution in [0.25, 0.3) is 0 Å². The number of rotatable bonds is 3. The molecule has 1 aliphatic heterocycles. The third-order valence-corrected chi connectivity index (χ3v) is 3.12. The molecule has 1 aromatic carbocycles. The van der Waals surface area contributed by atoms with E-state index in [1.165, 1.54) is 18.9 Å². The van der Waals surface area contributed by atoms with Crippen LogP contribution in [0.1, 0.15) is 19.3 Å². The minimum Gasteiger partial charge on any atom is -0.381 e. The Labute approximate surface area is 100 Å². The number of hydrogen-bond acceptors (Lipinski definition) is 2. The molecule has 1 unspecified atom stereocenters. The third-order valence-electron chi connectivity index (χ3n) is 2.88. The highest BCUT2D eigenvalue weighted by Crippen LogP contribution is 2.19. The molecule has 2 rings (SSSR count). The van der Waals surface area contributed by atoms with Crippen molar-refractivity contribution in [1.29, 1.82) is 0 Å². The van der Waals surface area contributed by atoms with Crippen LogP contribution in [0.15, 0.2) is 18.2 Å². The van der Waals surface area contributed by atoms with Crippen molar-refractivity contribution in [2.75, 3.05) is 18.4 Å². The Morgan fingerprint density at radius 2 is 2.31 bits per heavy atom. The van der Waals surface area contributed by atoms with Gasteiger partial charge in [0.25, 0.3) is 0 Å². The first-order chi connectivity index (χ1) is 7.75. The first-order valence-electron chi connectivity index (χ1n) is 5.68. The number of halogens is 2. The molecule has 1 fully saturated rings. The van der Waals surface area contributed by atoms with Gasteiger partial charge in [0.05, 0.1) is 5.69 Å². The highest BCUT2D eigenvalue weighted by Gasteiger charge is 2.12. The lowest BCUT2D eigenvalue weighted by atomic mass is 10.1. The van der Waals surface area contributed by atoms with E-state index in [1.54, 1.807) is 12.1 Å². The van der Waals surface area contributed by atoms with Gasteiger partial charge in [0.1, 0.15) is 5.82 Å². The zero-order valence-corrected chi connectivity index (χ0v) is 9.86. The van der Waals surface area contributed by atoms with E-state index in [9.17, 15) is 4.39 Å². The van der Waals surface area contributed by atoms with Gasteiger partial charge in [-0.15, -0.1) is 0 Å². The van der Waals surface area contributed by atoms with E-state index in [0.29, 0.717) is 16.8 Å². The standard InChI is InChI=1S/C12H16ClFN2/c13-9-4-5-12(11(14)7-9)16-8-10-3-1-2-6-15-10/h4-5,7,10,15-16H,1-3,6,8H2. The normalized spacial score (nSPS) is 20.8. The predicted octanol–water partition coefficient (Wildman–Crippen LogP) is 3.03. The van der Waals surface area contributed by atoms with E-state index in [4.69, 9.17) is 11.6 Å². The predicted molar refractivity (Wildman–Crippen MR) is 65.5 cm³/mol. The fourth-order valence-electron chi connectivity index (χ4n) is 1.96. The third kappa shape index (κ3) is 3.09. The van der Waals surface area contributed by atoms with Crippen LogP contribution >= 0.6 is 11.6 Å². The maximum Gasteiger partial charge on any atom is 0.147 e. The summed E-state index contributed by atoms with van der Waals surface area (Å²) in [5.74, 6) is -0.289. The van der Waals surface area contributed by atoms with Crippen molar-refractivity contribution >= 4 is 17.3 Å². The van der Waals surface area contributed by atoms with Crippen LogP contribution in [0.3, 0.4) is 0 Å². The van der Waals surface area contributed by atoms with Gasteiger partial charge in [0, 0.05) is 17.6 Å². The Morgan fingerprint density at radius 1 is 1.44 bits per heavy atom. The van der Waals surface area contributed by atoms with E-state index in [0.717, 1.165) is 19.5 Å². The molecule has 0 saturated carbocycles. The highest BCUT2D eigenvalue weighted by atomic mass is 35.5. The second-order valence-electron chi connectivity index (χ2n) is 4.15. The Balaban J connectivity index is 1.88. The van der Waals surface area contributed by atoms with Crippen LogP contribution < -0.4 is 10.6 Å². The average molecular weight is 243 g/mol. The van der Waals surface area contributed by atoms with E-state index in [1.807, 2.05) is 0 Å². The van der Waals surface area contributed by atoms with Gasteiger partial charge in [-0.3, -0.25) is 0 Å². The summed E-state index contributed by atoms with van der Waals surface area (Å²) in [6, 6.07) is 5.16. The number of anilines is 1. The van der Waals surface area contributed by atoms with Crippen LogP contribution in [0.2, 0.25) is 5.02 Å². The molecule has 16 heavy (non-hydrogen) atoms. The molecule has 2 nitrogen and oxygen atoms in total. The largest absolute Gasteiger partial charge is 0.381 e. The Bertz CT molecular complexity index is 351. The fourth-order valence-corrected chi connectivity index (χ4v) is 2.12. The van der Waals surface area contributed by atoms with Crippen molar-refractivity contribution < 1.29 is 4.39 Å². The Morgan fingerprint density at radius 3 is 3.00 bits per heavy atom. The first-order valence-corrected chi connectivity index (χ1v) is 6.06. The van der Waals surface area contributed by atoms with Gasteiger partial charge in [0.15, 0.2) is 0 Å². The summed E-state index contributed by atoms with van der Waals surface area (Å²) in [6.45, 7) is 1.83. The number of nitrogens with one attached hydrogen (secondary N) is 2. The molecule has 0 aromatic heterocycles. The van der Waals surface area contributed by atoms with Gasteiger partial charge in [0.2, 0.25) is 0 Å². The molecular weight excluding hydrogens is 227 g/mol. The summed E-state index contributed by atoms with van der Waals surface area (Å²) in [6.07, 6.45) is 3.65. The van der Waals surface area contributed by atoms with Crippen LogP contribution in [0.5, 0.6) is 0 Å². The lowest BCUT2D eigenvalue weighted by Gasteiger charge is -2.24. The van der Waals surface area contributed by atoms with Gasteiger partial charge in [-0.25, -0.2) is 4.39 Å². The molecular formula is C12H16ClFN2. The molecule has 0 aliphatic carbocycles. The zero-order valence-electron chi connectivity index (χ0n) is 9.10. The van der Waals surface area contributed by atoms with Crippen molar-refractivity contribution in [3.63, 3.8) is 0 Å². The van der Waals surface area contributed by atoms with Gasteiger partial charge < -0.3 is 10.6 Å². The topological polar surface area (TPSA) is 24.1 Å². The van der Waals surface area contributed by atoms with E-state index in [-0.39, 0.29) is 5.82 Å². The summed E-state index contributed by atoms with van der Waals surface area (Å²) < 4.78 is 13.4. The number of piperidine rings is 1. The lowest BCUT2D eigenvalue weighted by Crippen LogP contribution is -2.39. The van der Waals surface area contributed by atoms with Gasteiger partial charge in [-0.05, 0) is 37.6 Å². The Kier molecular flexibility index (Phi) is 4.02. The highest BCUT2D eigenvalue weighted by molar-refractivity contribution is 6.30. The number of benzene rings is 1. The molecule has 88 valence electrons. The molecule has 0 spiro atoms. The van der Waals surface area contributed by atoms with Crippen molar-refractivity contribution in [2.24, 2.45) is 0 Å². The molecule has 1 saturated heterocycles. The number of hydrogen-bond donors (Lipinski definition) is 2. The summed E-state index contributed by atoms with van der Waals surface area (Å²) in [7, 11) is 0. The zero-order chi connectivity index (χ0) is 11.4. The SMILES string of the molecule is Fc1cc(Cl)ccc1NCC1CCCCN1. The van der Waals surface area contributed by atoms with Crippen molar-refractivity contribution in [3.05, 3.63) is 29.0 Å². The lowest BCUT2D eigenvalue weighted by molar-refractivity contribution is 0.414. The molecule has 2 N–H and O–H groups in total. The first kappa shape index (κ1) is 11.7. The molecule has 1 atom stereocenters. The summed E-state index contributed by atoms with van der Waals surface area (Å²) in [5, 5.41) is 6.95. The minimum atomic E-state index is -0.289. The Hall–Kier alpha value is -0.800. The van der Waals surface area contributed by atoms with Gasteiger partial charge in [-0.1, -0.05) is 18.0 Å². The molecule has 0 bridgehead atoms. The smallest absolute Gasteiger partial charge is 0.147 e. The van der Waals surface area contributed by atoms with Gasteiger partial charge in [-0.2, -0.15) is 0 Å². The maximum absolute atomic E-state index is 13.4.